The summed E-state index contributed by atoms with van der Waals surface area (Å²) in [7, 11) is 8.50. The van der Waals surface area contributed by atoms with Crippen molar-refractivity contribution in [2.45, 2.75) is 242 Å². The Kier molecular flexibility index (Phi) is 30.1. The summed E-state index contributed by atoms with van der Waals surface area (Å²) in [4.78, 5) is 191. The van der Waals surface area contributed by atoms with Crippen LogP contribution in [0.5, 0.6) is 0 Å². The third kappa shape index (κ3) is 21.0. The number of nitrogens with one attached hydrogen (secondary N) is 4. The first-order chi connectivity index (χ1) is 48.1. The highest BCUT2D eigenvalue weighted by molar-refractivity contribution is 6.21. The largest absolute Gasteiger partial charge is 0.393 e. The van der Waals surface area contributed by atoms with Gasteiger partial charge in [0.05, 0.1) is 51.2 Å². The molecular weight excluding hydrogens is 1350 g/mol. The Morgan fingerprint density at radius 1 is 0.608 bits per heavy atom. The van der Waals surface area contributed by atoms with Gasteiger partial charge in [0, 0.05) is 80.4 Å². The Labute approximate surface area is 605 Å². The summed E-state index contributed by atoms with van der Waals surface area (Å²) in [6.45, 7) is 12.0. The van der Waals surface area contributed by atoms with Gasteiger partial charge in [-0.15, -0.1) is 11.6 Å². The second-order valence-corrected chi connectivity index (χ2v) is 31.6. The van der Waals surface area contributed by atoms with Crippen molar-refractivity contribution >= 4 is 82.5 Å². The number of carbonyl (C=O) groups excluding carboxylic acids is 12. The number of ether oxygens (including phenoxy) is 1. The quantitative estimate of drug-likeness (QED) is 0.189. The zero-order valence-corrected chi connectivity index (χ0v) is 63.2. The highest BCUT2D eigenvalue weighted by Crippen LogP contribution is 2.44. The lowest BCUT2D eigenvalue weighted by atomic mass is 9.78. The summed E-state index contributed by atoms with van der Waals surface area (Å²) in [6.07, 6.45) is 2.22. The average molecular weight is 1470 g/mol. The van der Waals surface area contributed by atoms with E-state index in [0.29, 0.717) is 58.4 Å². The van der Waals surface area contributed by atoms with Crippen molar-refractivity contribution < 1.29 is 75.4 Å². The highest BCUT2D eigenvalue weighted by atomic mass is 35.5. The molecule has 1 spiro atoms. The Hall–Kier alpha value is -6.36. The van der Waals surface area contributed by atoms with E-state index in [-0.39, 0.29) is 108 Å². The summed E-state index contributed by atoms with van der Waals surface area (Å²) in [5.74, 6) is -11.2. The Bertz CT molecular complexity index is 2960. The molecule has 12 atom stereocenters. The van der Waals surface area contributed by atoms with E-state index in [9.17, 15) is 41.9 Å². The number of amides is 12. The summed E-state index contributed by atoms with van der Waals surface area (Å²) in [5, 5.41) is 10.5. The van der Waals surface area contributed by atoms with Gasteiger partial charge in [0.25, 0.3) is 0 Å². The van der Waals surface area contributed by atoms with Crippen molar-refractivity contribution in [1.29, 1.82) is 0 Å². The van der Waals surface area contributed by atoms with E-state index in [1.54, 1.807) is 18.7 Å². The van der Waals surface area contributed by atoms with E-state index in [1.807, 2.05) is 27.7 Å². The zero-order chi connectivity index (χ0) is 75.2. The molecular formula is C72H117ClF3N13O13. The first kappa shape index (κ1) is 82.9. The van der Waals surface area contributed by atoms with E-state index < -0.39 is 174 Å². The highest BCUT2D eigenvalue weighted by Gasteiger charge is 2.51. The van der Waals surface area contributed by atoms with E-state index in [4.69, 9.17) is 16.3 Å². The van der Waals surface area contributed by atoms with E-state index in [0.717, 1.165) is 46.8 Å². The molecule has 0 aromatic heterocycles. The maximum absolute atomic E-state index is 15.5. The van der Waals surface area contributed by atoms with Crippen molar-refractivity contribution in [2.24, 2.45) is 35.5 Å². The van der Waals surface area contributed by atoms with Gasteiger partial charge in [-0.1, -0.05) is 99.3 Å². The summed E-state index contributed by atoms with van der Waals surface area (Å²) in [6, 6.07) is -8.63. The fourth-order valence-electron chi connectivity index (χ4n) is 16.1. The maximum atomic E-state index is 15.5. The van der Waals surface area contributed by atoms with Crippen LogP contribution in [-0.4, -0.2) is 288 Å². The fourth-order valence-corrected chi connectivity index (χ4v) is 16.6. The van der Waals surface area contributed by atoms with Gasteiger partial charge in [0.2, 0.25) is 70.9 Å². The number of alkyl halides is 4. The molecule has 0 bridgehead atoms. The first-order valence-corrected chi connectivity index (χ1v) is 37.9. The lowest BCUT2D eigenvalue weighted by Crippen LogP contribution is -2.65. The summed E-state index contributed by atoms with van der Waals surface area (Å²) < 4.78 is 47.5. The number of fused-ring (bicyclic) bond motifs is 1. The van der Waals surface area contributed by atoms with Crippen LogP contribution in [0.2, 0.25) is 0 Å². The van der Waals surface area contributed by atoms with Crippen LogP contribution in [0.1, 0.15) is 176 Å². The van der Waals surface area contributed by atoms with Gasteiger partial charge in [-0.25, -0.2) is 0 Å². The van der Waals surface area contributed by atoms with Crippen LogP contribution in [0.15, 0.2) is 0 Å². The monoisotopic (exact) mass is 1460 g/mol. The third-order valence-electron chi connectivity index (χ3n) is 23.2. The molecule has 7 fully saturated rings. The van der Waals surface area contributed by atoms with Crippen LogP contribution in [-0.2, 0) is 62.3 Å². The van der Waals surface area contributed by atoms with Crippen molar-refractivity contribution in [2.75, 3.05) is 108 Å². The minimum absolute atomic E-state index is 0.00471. The number of halogens is 4. The molecule has 7 aliphatic rings. The maximum Gasteiger partial charge on any atom is 0.393 e. The van der Waals surface area contributed by atoms with Crippen LogP contribution in [0.25, 0.3) is 0 Å². The molecule has 4 heterocycles. The Balaban J connectivity index is 1.25. The molecule has 0 radical (unpaired) electrons. The van der Waals surface area contributed by atoms with Crippen molar-refractivity contribution in [3.63, 3.8) is 0 Å². The predicted octanol–water partition coefficient (Wildman–Crippen LogP) is 4.14. The number of carbonyl (C=O) groups is 12. The molecule has 4 aliphatic heterocycles. The van der Waals surface area contributed by atoms with Gasteiger partial charge in [-0.05, 0) is 100 Å². The lowest BCUT2D eigenvalue weighted by Gasteiger charge is -2.43. The molecule has 0 aromatic rings. The molecule has 30 heteroatoms. The molecule has 3 unspecified atom stereocenters. The van der Waals surface area contributed by atoms with Crippen molar-refractivity contribution in [3.05, 3.63) is 0 Å². The number of hydrogen-bond donors (Lipinski definition) is 4. The van der Waals surface area contributed by atoms with E-state index >= 15 is 28.8 Å². The van der Waals surface area contributed by atoms with Crippen molar-refractivity contribution in [3.8, 4) is 0 Å². The average Bonchev–Trinajstić information content (AvgIpc) is 1.61. The van der Waals surface area contributed by atoms with E-state index in [2.05, 4.69) is 26.2 Å². The van der Waals surface area contributed by atoms with Crippen LogP contribution in [0.3, 0.4) is 0 Å². The second kappa shape index (κ2) is 37.1. The lowest BCUT2D eigenvalue weighted by molar-refractivity contribution is -0.182. The van der Waals surface area contributed by atoms with Gasteiger partial charge in [-0.3, -0.25) is 62.4 Å². The van der Waals surface area contributed by atoms with Gasteiger partial charge in [0.15, 0.2) is 0 Å². The normalized spacial score (nSPS) is 30.0. The van der Waals surface area contributed by atoms with Crippen LogP contribution in [0, 0.1) is 35.5 Å². The van der Waals surface area contributed by atoms with Crippen LogP contribution < -0.4 is 21.3 Å². The topological polar surface area (TPSA) is 291 Å². The number of nitrogens with zero attached hydrogens (tertiary/aromatic N) is 9. The minimum Gasteiger partial charge on any atom is -0.378 e. The number of hydrogen-bond acceptors (Lipinski definition) is 14. The van der Waals surface area contributed by atoms with E-state index in [1.165, 1.54) is 61.9 Å². The number of piperazine rings is 1. The SMILES string of the molecule is CC[C@H](C)[C@@H]1NC(=O)[C@H](CC(C)C)N(C)C(=O)C[C@@H](C(=O)N2CCN(C3COC3)CC2)NC(=O)[C@H]([C@@H](C)CC)N(C)C(=O)C2(CCCC2)NC(=O)[C@@H]2CCCN2C(=O)[C@H](CCC2CCC(C(F)(F)F)C(Cl)C2)NC(=O)CN(C)C(=O)[C@H](CC2CCCCC2)N(C)C(=O)CN(C)C(=O)CN(C)C1=O. The number of likely N-dealkylation sites (N-methyl/N-ethyl adjacent to an activating group) is 6. The second-order valence-electron chi connectivity index (χ2n) is 31.0. The van der Waals surface area contributed by atoms with Gasteiger partial charge in [0.1, 0.15) is 47.8 Å². The Morgan fingerprint density at radius 2 is 1.23 bits per heavy atom. The smallest absolute Gasteiger partial charge is 0.378 e. The molecule has 0 aromatic carbocycles. The molecule has 12 amide bonds. The molecule has 3 aliphatic carbocycles. The van der Waals surface area contributed by atoms with Crippen LogP contribution in [0.4, 0.5) is 13.2 Å². The molecule has 7 rings (SSSR count). The standard InChI is InChI=1S/C72H117ClF3N13O13/c1-13-45(5)61-69(100)83(9)40-59(92)81(7)41-60(93)85(11)56(37-47-21-16-15-17-22-47)68(99)82(8)39-57(90)77-52(27-25-48-24-26-50(51(73)36-48)72(74,75)76)67(98)89-30-20-23-54(89)64(95)80-71(28-18-19-29-71)70(101)86(12)62(46(6)14-2)65(96)78-53(38-58(91)84(10)55(35-44(3)4)63(94)79-61)66(97)88-33-31-87(32-34-88)49-42-102-43-49/h44-56,61-62H,13-43H2,1-12H3,(H,77,90)(H,78,96)(H,79,94)(H,80,95)/t45-,46-,48?,50?,51?,52-,53-,54-,55-,56-,61-,62-/m0/s1. The fraction of sp³-hybridized carbons (Fsp3) is 0.833. The molecule has 26 nitrogen and oxygen atoms in total. The molecule has 4 N–H and O–H groups in total. The third-order valence-corrected chi connectivity index (χ3v) is 23.7. The van der Waals surface area contributed by atoms with Crippen molar-refractivity contribution in [1.82, 2.24) is 65.4 Å². The molecule has 576 valence electrons. The van der Waals surface area contributed by atoms with Gasteiger partial charge >= 0.3 is 6.18 Å². The predicted molar refractivity (Wildman–Crippen MR) is 375 cm³/mol. The molecule has 4 saturated heterocycles. The molecule has 3 saturated carbocycles. The van der Waals surface area contributed by atoms with Crippen LogP contribution >= 0.6 is 11.6 Å². The Morgan fingerprint density at radius 3 is 1.81 bits per heavy atom. The first-order valence-electron chi connectivity index (χ1n) is 37.5. The molecule has 102 heavy (non-hydrogen) atoms. The summed E-state index contributed by atoms with van der Waals surface area (Å²) in [5.41, 5.74) is -1.58. The zero-order valence-electron chi connectivity index (χ0n) is 62.4. The van der Waals surface area contributed by atoms with Gasteiger partial charge in [-0.2, -0.15) is 13.2 Å². The number of rotatable bonds is 13. The minimum atomic E-state index is -4.51. The van der Waals surface area contributed by atoms with Gasteiger partial charge < -0.3 is 65.2 Å². The summed E-state index contributed by atoms with van der Waals surface area (Å²) >= 11 is 6.40.